The zero-order valence-electron chi connectivity index (χ0n) is 7.05. The van der Waals surface area contributed by atoms with Gasteiger partial charge >= 0.3 is 5.97 Å². The molecule has 0 spiro atoms. The van der Waals surface area contributed by atoms with Crippen LogP contribution in [0.5, 0.6) is 0 Å². The third-order valence-corrected chi connectivity index (χ3v) is 1.76. The lowest BCUT2D eigenvalue weighted by Gasteiger charge is -2.04. The van der Waals surface area contributed by atoms with Gasteiger partial charge < -0.3 is 4.74 Å². The fourth-order valence-corrected chi connectivity index (χ4v) is 1.20. The largest absolute Gasteiger partial charge is 0.463 e. The van der Waals surface area contributed by atoms with Gasteiger partial charge in [0.05, 0.1) is 6.61 Å². The van der Waals surface area contributed by atoms with Crippen molar-refractivity contribution in [3.63, 3.8) is 0 Å². The van der Waals surface area contributed by atoms with Crippen LogP contribution in [-0.2, 0) is 9.53 Å². The monoisotopic (exact) mass is 162 g/mol. The molecule has 60 valence electrons. The van der Waals surface area contributed by atoms with E-state index >= 15 is 0 Å². The molecule has 10 heavy (non-hydrogen) atoms. The molecule has 0 aliphatic heterocycles. The summed E-state index contributed by atoms with van der Waals surface area (Å²) in [5.74, 6) is 1.51. The van der Waals surface area contributed by atoms with Crippen LogP contribution >= 0.6 is 6.89 Å². The van der Waals surface area contributed by atoms with E-state index in [0.717, 1.165) is 0 Å². The van der Waals surface area contributed by atoms with E-state index in [-0.39, 0.29) is 5.97 Å². The Morgan fingerprint density at radius 3 is 2.30 bits per heavy atom. The lowest BCUT2D eigenvalue weighted by molar-refractivity contribution is -0.134. The molecule has 0 bridgehead atoms. The van der Waals surface area contributed by atoms with E-state index in [2.05, 4.69) is 20.0 Å². The number of carbonyl (C=O) groups excluding carboxylic acids is 1. The Bertz CT molecular complexity index is 158. The predicted octanol–water partition coefficient (Wildman–Crippen LogP) is 1.26. The van der Waals surface area contributed by atoms with Gasteiger partial charge in [0.1, 0.15) is 0 Å². The number of carbonyl (C=O) groups is 1. The molecule has 0 aromatic heterocycles. The van der Waals surface area contributed by atoms with Gasteiger partial charge in [-0.15, -0.1) is 6.89 Å². The van der Waals surface area contributed by atoms with Crippen LogP contribution in [0.3, 0.4) is 0 Å². The Morgan fingerprint density at radius 2 is 2.00 bits per heavy atom. The van der Waals surface area contributed by atoms with Crippen LogP contribution in [-0.4, -0.2) is 38.4 Å². The molecule has 0 radical (unpaired) electrons. The summed E-state index contributed by atoms with van der Waals surface area (Å²) in [7, 11) is 0. The number of hydrogen-bond donors (Lipinski definition) is 0. The van der Waals surface area contributed by atoms with Gasteiger partial charge in [-0.25, -0.2) is 4.79 Å². The third kappa shape index (κ3) is 5.90. The van der Waals surface area contributed by atoms with E-state index in [1.807, 2.05) is 6.92 Å². The molecule has 0 N–H and O–H groups in total. The van der Waals surface area contributed by atoms with Gasteiger partial charge in [-0.2, -0.15) is 0 Å². The van der Waals surface area contributed by atoms with Gasteiger partial charge in [-0.3, -0.25) is 0 Å². The number of ether oxygens (including phenoxy) is 1. The van der Waals surface area contributed by atoms with E-state index in [1.54, 1.807) is 5.80 Å². The molecule has 0 atom stereocenters. The highest BCUT2D eigenvalue weighted by Gasteiger charge is 1.99. The van der Waals surface area contributed by atoms with Gasteiger partial charge in [0, 0.05) is 5.80 Å². The Morgan fingerprint density at radius 1 is 1.50 bits per heavy atom. The second kappa shape index (κ2) is 3.82. The fourth-order valence-electron chi connectivity index (χ4n) is 0.496. The van der Waals surface area contributed by atoms with E-state index < -0.39 is 6.89 Å². The molecule has 0 unspecified atom stereocenters. The minimum absolute atomic E-state index is 0.177. The quantitative estimate of drug-likeness (QED) is 0.451. The third-order valence-electron chi connectivity index (χ3n) is 0.779. The maximum Gasteiger partial charge on any atom is 0.330 e. The minimum Gasteiger partial charge on any atom is -0.463 e. The van der Waals surface area contributed by atoms with Gasteiger partial charge in [0.2, 0.25) is 0 Å². The summed E-state index contributed by atoms with van der Waals surface area (Å²) in [6.07, 6.45) is 0. The Balaban J connectivity index is 4.02. The van der Waals surface area contributed by atoms with Gasteiger partial charge in [-0.05, 0) is 26.9 Å². The lowest BCUT2D eigenvalue weighted by Crippen LogP contribution is -2.05. The predicted molar refractivity (Wildman–Crippen MR) is 47.4 cm³/mol. The van der Waals surface area contributed by atoms with Crippen LogP contribution in [0.25, 0.3) is 0 Å². The molecule has 0 rings (SSSR count). The molecular weight excluding hydrogens is 147 g/mol. The van der Waals surface area contributed by atoms with Crippen LogP contribution in [0.4, 0.5) is 0 Å². The number of esters is 1. The molecule has 0 fully saturated rings. The highest BCUT2D eigenvalue weighted by Crippen LogP contribution is 2.31. The maximum atomic E-state index is 10.8. The molecule has 0 heterocycles. The summed E-state index contributed by atoms with van der Waals surface area (Å²) in [5, 5.41) is 0. The second-order valence-electron chi connectivity index (χ2n) is 3.00. The van der Waals surface area contributed by atoms with Crippen molar-refractivity contribution >= 4 is 18.7 Å². The van der Waals surface area contributed by atoms with E-state index in [0.29, 0.717) is 6.61 Å². The van der Waals surface area contributed by atoms with Crippen molar-refractivity contribution in [1.29, 1.82) is 0 Å². The first kappa shape index (κ1) is 9.77. The average Bonchev–Trinajstić information content (AvgIpc) is 1.59. The summed E-state index contributed by atoms with van der Waals surface area (Å²) in [6, 6.07) is 0. The number of rotatable bonds is 2. The van der Waals surface area contributed by atoms with Crippen LogP contribution in [0, 0.1) is 0 Å². The average molecular weight is 162 g/mol. The molecule has 3 heteroatoms. The zero-order valence-corrected chi connectivity index (χ0v) is 7.94. The summed E-state index contributed by atoms with van der Waals surface area (Å²) >= 11 is 0. The summed E-state index contributed by atoms with van der Waals surface area (Å²) in [6.45, 7) is 7.40. The first-order chi connectivity index (χ1) is 4.45. The van der Waals surface area contributed by atoms with Crippen molar-refractivity contribution < 1.29 is 9.53 Å². The molecule has 0 saturated heterocycles. The van der Waals surface area contributed by atoms with E-state index in [9.17, 15) is 4.79 Å². The van der Waals surface area contributed by atoms with Crippen LogP contribution in [0.15, 0.2) is 0 Å². The molecule has 0 amide bonds. The van der Waals surface area contributed by atoms with E-state index in [1.165, 1.54) is 0 Å². The lowest BCUT2D eigenvalue weighted by atomic mass is 10.8. The van der Waals surface area contributed by atoms with Gasteiger partial charge in [-0.1, -0.05) is 0 Å². The van der Waals surface area contributed by atoms with Crippen molar-refractivity contribution in [3.8, 4) is 0 Å². The SMILES string of the molecule is CCOC(=O)C=P(C)(C)C. The van der Waals surface area contributed by atoms with Gasteiger partial charge in [0.15, 0.2) is 0 Å². The zero-order chi connectivity index (χ0) is 8.20. The van der Waals surface area contributed by atoms with Crippen molar-refractivity contribution in [2.45, 2.75) is 6.92 Å². The molecule has 0 aromatic rings. The minimum atomic E-state index is -1.10. The van der Waals surface area contributed by atoms with Crippen molar-refractivity contribution in [1.82, 2.24) is 0 Å². The summed E-state index contributed by atoms with van der Waals surface area (Å²) < 4.78 is 4.75. The highest BCUT2D eigenvalue weighted by molar-refractivity contribution is 7.74. The molecule has 2 nitrogen and oxygen atoms in total. The van der Waals surface area contributed by atoms with Crippen LogP contribution in [0.1, 0.15) is 6.92 Å². The Labute approximate surface area is 62.5 Å². The highest BCUT2D eigenvalue weighted by atomic mass is 31.2. The molecule has 0 aliphatic rings. The Kier molecular flexibility index (Phi) is 3.73. The smallest absolute Gasteiger partial charge is 0.330 e. The van der Waals surface area contributed by atoms with E-state index in [4.69, 9.17) is 4.74 Å². The van der Waals surface area contributed by atoms with Crippen LogP contribution < -0.4 is 0 Å². The summed E-state index contributed by atoms with van der Waals surface area (Å²) in [4.78, 5) is 10.8. The second-order valence-corrected chi connectivity index (χ2v) is 7.49. The van der Waals surface area contributed by atoms with Gasteiger partial charge in [0.25, 0.3) is 0 Å². The Hall–Kier alpha value is -0.230. The fraction of sp³-hybridized carbons (Fsp3) is 0.714. The molecular formula is C7H15O2P. The van der Waals surface area contributed by atoms with Crippen molar-refractivity contribution in [2.24, 2.45) is 0 Å². The molecule has 0 aliphatic carbocycles. The normalized spacial score (nSPS) is 10.8. The first-order valence-electron chi connectivity index (χ1n) is 3.29. The first-order valence-corrected chi connectivity index (χ1v) is 6.49. The summed E-state index contributed by atoms with van der Waals surface area (Å²) in [5.41, 5.74) is 0. The van der Waals surface area contributed by atoms with Crippen molar-refractivity contribution in [2.75, 3.05) is 26.6 Å². The molecule has 0 aromatic carbocycles. The molecule has 0 saturated carbocycles. The standard InChI is InChI=1S/C7H15O2P/c1-5-9-7(8)6-10(2,3)4/h6H,5H2,1-4H3. The maximum absolute atomic E-state index is 10.8. The van der Waals surface area contributed by atoms with Crippen molar-refractivity contribution in [3.05, 3.63) is 0 Å². The van der Waals surface area contributed by atoms with Crippen LogP contribution in [0.2, 0.25) is 0 Å². The topological polar surface area (TPSA) is 26.3 Å². The number of hydrogen-bond acceptors (Lipinski definition) is 2.